The van der Waals surface area contributed by atoms with Crippen molar-refractivity contribution in [1.29, 1.82) is 0 Å². The van der Waals surface area contributed by atoms with Gasteiger partial charge in [0.1, 0.15) is 5.82 Å². The summed E-state index contributed by atoms with van der Waals surface area (Å²) in [6.07, 6.45) is 1.51. The van der Waals surface area contributed by atoms with Gasteiger partial charge in [-0.2, -0.15) is 0 Å². The van der Waals surface area contributed by atoms with E-state index in [0.29, 0.717) is 13.0 Å². The second kappa shape index (κ2) is 8.03. The van der Waals surface area contributed by atoms with Crippen molar-refractivity contribution in [2.75, 3.05) is 6.54 Å². The zero-order valence-corrected chi connectivity index (χ0v) is 14.8. The molecule has 3 rings (SSSR count). The summed E-state index contributed by atoms with van der Waals surface area (Å²) in [5.74, 6) is -0.897. The van der Waals surface area contributed by atoms with Gasteiger partial charge >= 0.3 is 0 Å². The average Bonchev–Trinajstić information content (AvgIpc) is 2.95. The number of nitrogens with zero attached hydrogens (tertiary/aromatic N) is 1. The molecule has 0 saturated carbocycles. The molecule has 0 bridgehead atoms. The molecule has 0 spiro atoms. The number of thiazole rings is 1. The maximum atomic E-state index is 13.6. The van der Waals surface area contributed by atoms with Gasteiger partial charge < -0.3 is 5.32 Å². The number of hydrogen-bond donors (Lipinski definition) is 1. The molecule has 0 atom stereocenters. The van der Waals surface area contributed by atoms with Gasteiger partial charge in [0.15, 0.2) is 0 Å². The molecule has 128 valence electrons. The summed E-state index contributed by atoms with van der Waals surface area (Å²) in [7, 11) is 0. The Bertz CT molecular complexity index is 861. The van der Waals surface area contributed by atoms with E-state index in [-0.39, 0.29) is 5.56 Å². The molecule has 1 heterocycles. The summed E-state index contributed by atoms with van der Waals surface area (Å²) in [5, 5.41) is 3.74. The van der Waals surface area contributed by atoms with E-state index in [1.807, 2.05) is 25.1 Å². The fourth-order valence-electron chi connectivity index (χ4n) is 2.56. The van der Waals surface area contributed by atoms with Gasteiger partial charge in [-0.1, -0.05) is 42.5 Å². The van der Waals surface area contributed by atoms with Crippen LogP contribution in [0, 0.1) is 12.7 Å². The maximum absolute atomic E-state index is 13.6. The predicted molar refractivity (Wildman–Crippen MR) is 98.5 cm³/mol. The molecule has 1 N–H and O–H groups in total. The lowest BCUT2D eigenvalue weighted by Crippen LogP contribution is -2.26. The predicted octanol–water partition coefficient (Wildman–Crippen LogP) is 4.15. The third-order valence-electron chi connectivity index (χ3n) is 3.89. The summed E-state index contributed by atoms with van der Waals surface area (Å²) in [4.78, 5) is 17.8. The van der Waals surface area contributed by atoms with E-state index in [1.54, 1.807) is 23.5 Å². The fraction of sp³-hybridized carbons (Fsp3) is 0.200. The van der Waals surface area contributed by atoms with Crippen molar-refractivity contribution >= 4 is 17.2 Å². The Hall–Kier alpha value is -2.53. The first-order valence-electron chi connectivity index (χ1n) is 8.15. The highest BCUT2D eigenvalue weighted by Crippen LogP contribution is 2.21. The summed E-state index contributed by atoms with van der Waals surface area (Å²) in [5.41, 5.74) is 2.36. The molecule has 25 heavy (non-hydrogen) atoms. The van der Waals surface area contributed by atoms with E-state index in [9.17, 15) is 9.18 Å². The highest BCUT2D eigenvalue weighted by Gasteiger charge is 2.12. The number of rotatable bonds is 6. The normalized spacial score (nSPS) is 10.6. The third kappa shape index (κ3) is 4.51. The molecule has 1 amide bonds. The van der Waals surface area contributed by atoms with Crippen LogP contribution >= 0.6 is 11.3 Å². The monoisotopic (exact) mass is 354 g/mol. The van der Waals surface area contributed by atoms with Gasteiger partial charge in [-0.3, -0.25) is 4.79 Å². The minimum atomic E-state index is -0.504. The maximum Gasteiger partial charge on any atom is 0.254 e. The van der Waals surface area contributed by atoms with Gasteiger partial charge in [0, 0.05) is 24.3 Å². The number of halogens is 1. The van der Waals surface area contributed by atoms with Crippen molar-refractivity contribution in [3.8, 4) is 0 Å². The minimum Gasteiger partial charge on any atom is -0.352 e. The molecule has 0 aliphatic heterocycles. The average molecular weight is 354 g/mol. The van der Waals surface area contributed by atoms with Crippen molar-refractivity contribution < 1.29 is 9.18 Å². The molecular weight excluding hydrogens is 335 g/mol. The zero-order valence-electron chi connectivity index (χ0n) is 14.0. The SMILES string of the molecule is Cc1nc(CCNC(=O)c2ccccc2F)sc1Cc1ccccc1. The second-order valence-corrected chi connectivity index (χ2v) is 6.93. The lowest BCUT2D eigenvalue weighted by Gasteiger charge is -2.04. The van der Waals surface area contributed by atoms with Crippen LogP contribution in [-0.4, -0.2) is 17.4 Å². The van der Waals surface area contributed by atoms with Crippen LogP contribution < -0.4 is 5.32 Å². The first-order chi connectivity index (χ1) is 12.1. The van der Waals surface area contributed by atoms with Gasteiger partial charge in [0.05, 0.1) is 16.3 Å². The standard InChI is InChI=1S/C20H19FN2OS/c1-14-18(13-15-7-3-2-4-8-15)25-19(23-14)11-12-22-20(24)16-9-5-6-10-17(16)21/h2-10H,11-13H2,1H3,(H,22,24). The Morgan fingerprint density at radius 1 is 1.12 bits per heavy atom. The second-order valence-electron chi connectivity index (χ2n) is 5.76. The lowest BCUT2D eigenvalue weighted by molar-refractivity contribution is 0.0950. The number of aryl methyl sites for hydroxylation is 1. The first-order valence-corrected chi connectivity index (χ1v) is 8.97. The Morgan fingerprint density at radius 2 is 1.84 bits per heavy atom. The van der Waals surface area contributed by atoms with Gasteiger partial charge in [-0.05, 0) is 24.6 Å². The molecule has 2 aromatic carbocycles. The van der Waals surface area contributed by atoms with E-state index in [0.717, 1.165) is 17.1 Å². The quantitative estimate of drug-likeness (QED) is 0.722. The van der Waals surface area contributed by atoms with Crippen molar-refractivity contribution in [1.82, 2.24) is 10.3 Å². The number of amides is 1. The van der Waals surface area contributed by atoms with Gasteiger partial charge in [0.2, 0.25) is 0 Å². The molecule has 0 saturated heterocycles. The molecule has 5 heteroatoms. The van der Waals surface area contributed by atoms with Crippen LogP contribution in [0.3, 0.4) is 0 Å². The first kappa shape index (κ1) is 17.3. The van der Waals surface area contributed by atoms with Crippen LogP contribution in [0.5, 0.6) is 0 Å². The zero-order chi connectivity index (χ0) is 17.6. The Morgan fingerprint density at radius 3 is 2.60 bits per heavy atom. The van der Waals surface area contributed by atoms with Gasteiger partial charge in [0.25, 0.3) is 5.91 Å². The largest absolute Gasteiger partial charge is 0.352 e. The van der Waals surface area contributed by atoms with Crippen LogP contribution in [0.2, 0.25) is 0 Å². The topological polar surface area (TPSA) is 42.0 Å². The molecule has 0 radical (unpaired) electrons. The summed E-state index contributed by atoms with van der Waals surface area (Å²) in [6, 6.07) is 16.3. The molecule has 3 aromatic rings. The van der Waals surface area contributed by atoms with Crippen molar-refractivity contribution in [3.05, 3.63) is 87.1 Å². The van der Waals surface area contributed by atoms with E-state index >= 15 is 0 Å². The smallest absolute Gasteiger partial charge is 0.254 e. The van der Waals surface area contributed by atoms with E-state index < -0.39 is 11.7 Å². The van der Waals surface area contributed by atoms with Crippen molar-refractivity contribution in [2.45, 2.75) is 19.8 Å². The molecule has 1 aromatic heterocycles. The number of nitrogens with one attached hydrogen (secondary N) is 1. The Labute approximate surface area is 150 Å². The lowest BCUT2D eigenvalue weighted by atomic mass is 10.1. The van der Waals surface area contributed by atoms with Crippen LogP contribution in [0.1, 0.15) is 31.5 Å². The molecule has 0 unspecified atom stereocenters. The third-order valence-corrected chi connectivity index (χ3v) is 5.10. The summed E-state index contributed by atoms with van der Waals surface area (Å²) in [6.45, 7) is 2.45. The Balaban J connectivity index is 1.56. The molecule has 0 aliphatic carbocycles. The number of hydrogen-bond acceptors (Lipinski definition) is 3. The Kier molecular flexibility index (Phi) is 5.56. The summed E-state index contributed by atoms with van der Waals surface area (Å²) >= 11 is 1.67. The minimum absolute atomic E-state index is 0.0718. The van der Waals surface area contributed by atoms with Gasteiger partial charge in [-0.15, -0.1) is 11.3 Å². The number of aromatic nitrogens is 1. The summed E-state index contributed by atoms with van der Waals surface area (Å²) < 4.78 is 13.6. The molecular formula is C20H19FN2OS. The molecule has 0 fully saturated rings. The molecule has 3 nitrogen and oxygen atoms in total. The highest BCUT2D eigenvalue weighted by atomic mass is 32.1. The fourth-order valence-corrected chi connectivity index (χ4v) is 3.67. The van der Waals surface area contributed by atoms with E-state index in [4.69, 9.17) is 0 Å². The van der Waals surface area contributed by atoms with Crippen LogP contribution in [-0.2, 0) is 12.8 Å². The van der Waals surface area contributed by atoms with Crippen molar-refractivity contribution in [2.24, 2.45) is 0 Å². The highest BCUT2D eigenvalue weighted by molar-refractivity contribution is 7.11. The van der Waals surface area contributed by atoms with Crippen LogP contribution in [0.15, 0.2) is 54.6 Å². The number of carbonyl (C=O) groups excluding carboxylic acids is 1. The number of carbonyl (C=O) groups is 1. The molecule has 0 aliphatic rings. The van der Waals surface area contributed by atoms with Crippen molar-refractivity contribution in [3.63, 3.8) is 0 Å². The number of benzene rings is 2. The van der Waals surface area contributed by atoms with Gasteiger partial charge in [-0.25, -0.2) is 9.37 Å². The van der Waals surface area contributed by atoms with E-state index in [2.05, 4.69) is 22.4 Å². The van der Waals surface area contributed by atoms with E-state index in [1.165, 1.54) is 22.6 Å². The van der Waals surface area contributed by atoms with Crippen LogP contribution in [0.4, 0.5) is 4.39 Å². The van der Waals surface area contributed by atoms with Crippen LogP contribution in [0.25, 0.3) is 0 Å².